The maximum atomic E-state index is 12.6. The molecule has 0 atom stereocenters. The Bertz CT molecular complexity index is 688. The van der Waals surface area contributed by atoms with Crippen LogP contribution in [0, 0.1) is 0 Å². The van der Waals surface area contributed by atoms with Gasteiger partial charge in [0.2, 0.25) is 0 Å². The van der Waals surface area contributed by atoms with Crippen LogP contribution >= 0.6 is 0 Å². The van der Waals surface area contributed by atoms with Gasteiger partial charge in [-0.05, 0) is 17.7 Å². The molecule has 0 N–H and O–H groups in total. The summed E-state index contributed by atoms with van der Waals surface area (Å²) in [5.41, 5.74) is 0.469. The Labute approximate surface area is 145 Å². The van der Waals surface area contributed by atoms with E-state index >= 15 is 0 Å². The molecule has 1 aromatic heterocycles. The van der Waals surface area contributed by atoms with Crippen molar-refractivity contribution in [2.45, 2.75) is 6.18 Å². The van der Waals surface area contributed by atoms with E-state index in [0.29, 0.717) is 5.82 Å². The quantitative estimate of drug-likeness (QED) is 0.835. The third-order valence-electron chi connectivity index (χ3n) is 4.24. The molecule has 0 bridgehead atoms. The highest BCUT2D eigenvalue weighted by Crippen LogP contribution is 2.29. The minimum Gasteiger partial charge on any atom is -0.354 e. The highest BCUT2D eigenvalue weighted by molar-refractivity contribution is 5.48. The maximum absolute atomic E-state index is 12.6. The summed E-state index contributed by atoms with van der Waals surface area (Å²) >= 11 is 0. The number of hydrogen-bond acceptors (Lipinski definition) is 3. The topological polar surface area (TPSA) is 19.4 Å². The number of alkyl halides is 3. The normalized spacial score (nSPS) is 16.5. The number of anilines is 1. The molecule has 0 aliphatic carbocycles. The molecule has 3 rings (SSSR count). The summed E-state index contributed by atoms with van der Waals surface area (Å²) in [5, 5.41) is 0. The fraction of sp³-hybridized carbons (Fsp3) is 0.316. The average Bonchev–Trinajstić information content (AvgIpc) is 2.63. The number of rotatable bonds is 4. The maximum Gasteiger partial charge on any atom is 0.417 e. The second-order valence-corrected chi connectivity index (χ2v) is 6.00. The summed E-state index contributed by atoms with van der Waals surface area (Å²) in [7, 11) is 0. The highest BCUT2D eigenvalue weighted by atomic mass is 19.4. The van der Waals surface area contributed by atoms with Gasteiger partial charge in [-0.1, -0.05) is 42.5 Å². The molecule has 3 nitrogen and oxygen atoms in total. The lowest BCUT2D eigenvalue weighted by molar-refractivity contribution is -0.137. The zero-order valence-corrected chi connectivity index (χ0v) is 13.8. The second kappa shape index (κ2) is 7.70. The first-order valence-corrected chi connectivity index (χ1v) is 8.24. The molecule has 1 saturated heterocycles. The average molecular weight is 347 g/mol. The van der Waals surface area contributed by atoms with E-state index in [2.05, 4.69) is 34.2 Å². The van der Waals surface area contributed by atoms with Gasteiger partial charge in [0.15, 0.2) is 0 Å². The van der Waals surface area contributed by atoms with E-state index in [9.17, 15) is 13.2 Å². The van der Waals surface area contributed by atoms with Gasteiger partial charge >= 0.3 is 6.18 Å². The minimum atomic E-state index is -4.34. The lowest BCUT2D eigenvalue weighted by Gasteiger charge is -2.34. The van der Waals surface area contributed by atoms with Gasteiger partial charge in [-0.3, -0.25) is 4.90 Å². The van der Waals surface area contributed by atoms with Crippen molar-refractivity contribution in [2.75, 3.05) is 37.6 Å². The first-order valence-electron chi connectivity index (χ1n) is 8.24. The van der Waals surface area contributed by atoms with Gasteiger partial charge in [0.1, 0.15) is 5.82 Å². The van der Waals surface area contributed by atoms with Crippen LogP contribution in [0.15, 0.2) is 54.7 Å². The number of benzene rings is 1. The molecule has 6 heteroatoms. The molecule has 2 aromatic rings. The fourth-order valence-corrected chi connectivity index (χ4v) is 2.80. The van der Waals surface area contributed by atoms with Gasteiger partial charge in [0.05, 0.1) is 5.56 Å². The number of nitrogens with zero attached hydrogens (tertiary/aromatic N) is 3. The minimum absolute atomic E-state index is 0.604. The van der Waals surface area contributed by atoms with E-state index in [1.165, 1.54) is 11.6 Å². The van der Waals surface area contributed by atoms with Crippen LogP contribution in [0.3, 0.4) is 0 Å². The largest absolute Gasteiger partial charge is 0.417 e. The van der Waals surface area contributed by atoms with Gasteiger partial charge in [0.25, 0.3) is 0 Å². The van der Waals surface area contributed by atoms with Crippen LogP contribution in [0.25, 0.3) is 6.08 Å². The van der Waals surface area contributed by atoms with Gasteiger partial charge in [0, 0.05) is 38.9 Å². The van der Waals surface area contributed by atoms with Crippen LogP contribution < -0.4 is 4.90 Å². The predicted molar refractivity (Wildman–Crippen MR) is 93.4 cm³/mol. The summed E-state index contributed by atoms with van der Waals surface area (Å²) in [6, 6.07) is 12.7. The number of aromatic nitrogens is 1. The molecule has 1 aliphatic rings. The summed E-state index contributed by atoms with van der Waals surface area (Å²) < 4.78 is 37.8. The van der Waals surface area contributed by atoms with Crippen molar-refractivity contribution in [3.05, 3.63) is 65.9 Å². The van der Waals surface area contributed by atoms with Crippen molar-refractivity contribution in [1.29, 1.82) is 0 Å². The molecule has 2 heterocycles. The first-order chi connectivity index (χ1) is 12.0. The van der Waals surface area contributed by atoms with Crippen molar-refractivity contribution in [3.63, 3.8) is 0 Å². The zero-order chi connectivity index (χ0) is 17.7. The number of halogens is 3. The Morgan fingerprint density at radius 2 is 1.68 bits per heavy atom. The smallest absolute Gasteiger partial charge is 0.354 e. The third-order valence-corrected chi connectivity index (χ3v) is 4.24. The summed E-state index contributed by atoms with van der Waals surface area (Å²) in [5.74, 6) is 0.604. The van der Waals surface area contributed by atoms with E-state index < -0.39 is 11.7 Å². The van der Waals surface area contributed by atoms with Crippen molar-refractivity contribution in [2.24, 2.45) is 0 Å². The molecule has 0 amide bonds. The lowest BCUT2D eigenvalue weighted by atomic mass is 10.2. The van der Waals surface area contributed by atoms with Gasteiger partial charge in [-0.15, -0.1) is 0 Å². The van der Waals surface area contributed by atoms with Crippen molar-refractivity contribution < 1.29 is 13.2 Å². The van der Waals surface area contributed by atoms with Gasteiger partial charge in [-0.2, -0.15) is 13.2 Å². The van der Waals surface area contributed by atoms with Gasteiger partial charge < -0.3 is 4.90 Å². The van der Waals surface area contributed by atoms with E-state index in [1.54, 1.807) is 0 Å². The Hall–Kier alpha value is -2.34. The fourth-order valence-electron chi connectivity index (χ4n) is 2.80. The van der Waals surface area contributed by atoms with Crippen molar-refractivity contribution in [3.8, 4) is 0 Å². The SMILES string of the molecule is FC(F)(F)c1ccc(N2CCN(C/C=C/c3ccccc3)CC2)nc1. The third kappa shape index (κ3) is 4.82. The molecular formula is C19H20F3N3. The van der Waals surface area contributed by atoms with Crippen molar-refractivity contribution in [1.82, 2.24) is 9.88 Å². The molecule has 0 spiro atoms. The number of piperazine rings is 1. The van der Waals surface area contributed by atoms with Crippen LogP contribution in [-0.4, -0.2) is 42.6 Å². The Morgan fingerprint density at radius 1 is 0.960 bits per heavy atom. The lowest BCUT2D eigenvalue weighted by Crippen LogP contribution is -2.46. The molecule has 132 valence electrons. The van der Waals surface area contributed by atoms with Crippen LogP contribution in [-0.2, 0) is 6.18 Å². The number of hydrogen-bond donors (Lipinski definition) is 0. The monoisotopic (exact) mass is 347 g/mol. The van der Waals surface area contributed by atoms with Crippen LogP contribution in [0.4, 0.5) is 19.0 Å². The predicted octanol–water partition coefficient (Wildman–Crippen LogP) is 3.94. The summed E-state index contributed by atoms with van der Waals surface area (Å²) in [6.45, 7) is 4.11. The van der Waals surface area contributed by atoms with Crippen molar-refractivity contribution >= 4 is 11.9 Å². The number of pyridine rings is 1. The molecule has 1 aliphatic heterocycles. The zero-order valence-electron chi connectivity index (χ0n) is 13.8. The Morgan fingerprint density at radius 3 is 2.28 bits per heavy atom. The molecular weight excluding hydrogens is 327 g/mol. The van der Waals surface area contributed by atoms with Crippen LogP contribution in [0.2, 0.25) is 0 Å². The van der Waals surface area contributed by atoms with E-state index in [1.807, 2.05) is 23.1 Å². The Balaban J connectivity index is 1.49. The van der Waals surface area contributed by atoms with Gasteiger partial charge in [-0.25, -0.2) is 4.98 Å². The molecule has 0 unspecified atom stereocenters. The van der Waals surface area contributed by atoms with E-state index in [0.717, 1.165) is 45.0 Å². The first kappa shape index (κ1) is 17.5. The van der Waals surface area contributed by atoms with E-state index in [4.69, 9.17) is 0 Å². The second-order valence-electron chi connectivity index (χ2n) is 6.00. The molecule has 0 saturated carbocycles. The summed E-state index contributed by atoms with van der Waals surface area (Å²) in [6.07, 6.45) is 0.810. The van der Waals surface area contributed by atoms with Crippen LogP contribution in [0.1, 0.15) is 11.1 Å². The molecule has 1 fully saturated rings. The highest BCUT2D eigenvalue weighted by Gasteiger charge is 2.31. The summed E-state index contributed by atoms with van der Waals surface area (Å²) in [4.78, 5) is 8.31. The Kier molecular flexibility index (Phi) is 5.38. The molecule has 1 aromatic carbocycles. The van der Waals surface area contributed by atoms with Crippen LogP contribution in [0.5, 0.6) is 0 Å². The molecule has 25 heavy (non-hydrogen) atoms. The standard InChI is InChI=1S/C19H20F3N3/c20-19(21,22)17-8-9-18(23-15-17)25-13-11-24(12-14-25)10-4-7-16-5-2-1-3-6-16/h1-9,15H,10-14H2/b7-4+. The van der Waals surface area contributed by atoms with E-state index in [-0.39, 0.29) is 0 Å². The molecule has 0 radical (unpaired) electrons.